The Labute approximate surface area is 177 Å². The Hall–Kier alpha value is -0.830. The van der Waals surface area contributed by atoms with Crippen molar-refractivity contribution in [2.75, 3.05) is 19.7 Å². The van der Waals surface area contributed by atoms with Crippen molar-refractivity contribution in [2.45, 2.75) is 84.5 Å². The van der Waals surface area contributed by atoms with Gasteiger partial charge in [0, 0.05) is 43.7 Å². The number of aliphatic hydroxyl groups is 1. The van der Waals surface area contributed by atoms with Crippen molar-refractivity contribution in [1.82, 2.24) is 4.90 Å². The molecule has 0 amide bonds. The summed E-state index contributed by atoms with van der Waals surface area (Å²) in [6.45, 7) is 7.93. The van der Waals surface area contributed by atoms with E-state index in [1.165, 1.54) is 58.0 Å². The van der Waals surface area contributed by atoms with Crippen LogP contribution in [0.15, 0.2) is 11.8 Å². The number of ketones is 1. The second kappa shape index (κ2) is 7.39. The Morgan fingerprint density at radius 3 is 2.69 bits per heavy atom. The number of likely N-dealkylation sites (tertiary alicyclic amines) is 1. The van der Waals surface area contributed by atoms with Crippen LogP contribution in [0.3, 0.4) is 0 Å². The van der Waals surface area contributed by atoms with Gasteiger partial charge in [0.05, 0.1) is 0 Å². The van der Waals surface area contributed by atoms with Gasteiger partial charge in [-0.05, 0) is 92.8 Å². The van der Waals surface area contributed by atoms with Crippen molar-refractivity contribution < 1.29 is 9.90 Å². The number of Topliss-reactive ketones (excluding diaryl/α,β-unsaturated/α-hetero) is 1. The summed E-state index contributed by atoms with van der Waals surface area (Å²) in [5.74, 6) is 3.87. The highest BCUT2D eigenvalue weighted by molar-refractivity contribution is 5.79. The van der Waals surface area contributed by atoms with Crippen molar-refractivity contribution in [3.63, 3.8) is 0 Å². The molecule has 0 spiro atoms. The number of carbonyl (C=O) groups is 1. The van der Waals surface area contributed by atoms with Gasteiger partial charge >= 0.3 is 0 Å². The third kappa shape index (κ3) is 3.05. The molecule has 1 aliphatic heterocycles. The SMILES string of the molecule is C[C@]12CCC(=O)CC1C[C@H](CCO)[C@@H]1[C@@H]2CC[C@]2(C)C(N3CCCCC3)=CC[C@@H]12. The molecule has 29 heavy (non-hydrogen) atoms. The van der Waals surface area contributed by atoms with E-state index in [2.05, 4.69) is 24.8 Å². The lowest BCUT2D eigenvalue weighted by atomic mass is 9.42. The van der Waals surface area contributed by atoms with Gasteiger partial charge in [-0.25, -0.2) is 0 Å². The normalized spacial score (nSPS) is 47.3. The van der Waals surface area contributed by atoms with E-state index in [1.807, 2.05) is 0 Å². The predicted octanol–water partition coefficient (Wildman–Crippen LogP) is 5.19. The van der Waals surface area contributed by atoms with Crippen LogP contribution in [0.25, 0.3) is 0 Å². The third-order valence-corrected chi connectivity index (χ3v) is 10.4. The summed E-state index contributed by atoms with van der Waals surface area (Å²) >= 11 is 0. The number of rotatable bonds is 3. The zero-order chi connectivity index (χ0) is 20.2. The number of aliphatic hydroxyl groups excluding tert-OH is 1. The first-order valence-corrected chi connectivity index (χ1v) is 12.6. The van der Waals surface area contributed by atoms with Crippen molar-refractivity contribution in [3.05, 3.63) is 11.8 Å². The van der Waals surface area contributed by atoms with Crippen LogP contribution in [0.1, 0.15) is 84.5 Å². The Morgan fingerprint density at radius 2 is 1.93 bits per heavy atom. The molecule has 0 aromatic rings. The van der Waals surface area contributed by atoms with Gasteiger partial charge in [0.25, 0.3) is 0 Å². The summed E-state index contributed by atoms with van der Waals surface area (Å²) in [6, 6.07) is 0. The fourth-order valence-electron chi connectivity index (χ4n) is 8.86. The minimum atomic E-state index is 0.307. The quantitative estimate of drug-likeness (QED) is 0.710. The summed E-state index contributed by atoms with van der Waals surface area (Å²) in [5.41, 5.74) is 2.36. The average molecular weight is 400 g/mol. The molecule has 162 valence electrons. The van der Waals surface area contributed by atoms with Crippen LogP contribution in [0.4, 0.5) is 0 Å². The Balaban J connectivity index is 1.45. The van der Waals surface area contributed by atoms with Crippen LogP contribution in [-0.2, 0) is 4.79 Å². The van der Waals surface area contributed by atoms with E-state index in [1.54, 1.807) is 5.70 Å². The van der Waals surface area contributed by atoms with E-state index in [0.717, 1.165) is 43.4 Å². The van der Waals surface area contributed by atoms with E-state index in [9.17, 15) is 9.90 Å². The molecule has 7 atom stereocenters. The molecule has 3 heteroatoms. The number of allylic oxidation sites excluding steroid dienone is 2. The summed E-state index contributed by atoms with van der Waals surface area (Å²) in [5, 5.41) is 9.89. The molecule has 1 saturated heterocycles. The van der Waals surface area contributed by atoms with Crippen LogP contribution >= 0.6 is 0 Å². The Morgan fingerprint density at radius 1 is 1.14 bits per heavy atom. The second-order valence-electron chi connectivity index (χ2n) is 11.6. The van der Waals surface area contributed by atoms with Crippen LogP contribution in [-0.4, -0.2) is 35.5 Å². The number of nitrogens with zero attached hydrogens (tertiary/aromatic N) is 1. The van der Waals surface area contributed by atoms with Gasteiger partial charge in [0.2, 0.25) is 0 Å². The molecule has 3 saturated carbocycles. The van der Waals surface area contributed by atoms with Crippen molar-refractivity contribution in [1.29, 1.82) is 0 Å². The number of hydrogen-bond acceptors (Lipinski definition) is 3. The zero-order valence-corrected chi connectivity index (χ0v) is 18.7. The average Bonchev–Trinajstić information content (AvgIpc) is 3.07. The lowest BCUT2D eigenvalue weighted by molar-refractivity contribution is -0.149. The monoisotopic (exact) mass is 399 g/mol. The number of carbonyl (C=O) groups excluding carboxylic acids is 1. The highest BCUT2D eigenvalue weighted by atomic mass is 16.3. The standard InChI is InChI=1S/C26H41NO2/c1-25-11-8-20(29)17-19(25)16-18(10-15-28)24-21-6-7-23(27-13-4-3-5-14-27)26(21,2)12-9-22(24)25/h7,18-19,21-22,24,28H,3-6,8-17H2,1-2H3/t18-,19?,21-,22-,24-,25-,26-/m0/s1. The highest BCUT2D eigenvalue weighted by Gasteiger charge is 2.61. The molecule has 4 aliphatic carbocycles. The molecule has 1 unspecified atom stereocenters. The molecular formula is C26H41NO2. The molecule has 5 rings (SSSR count). The third-order valence-electron chi connectivity index (χ3n) is 10.4. The maximum Gasteiger partial charge on any atom is 0.133 e. The van der Waals surface area contributed by atoms with Crippen LogP contribution in [0, 0.1) is 40.4 Å². The fraction of sp³-hybridized carbons (Fsp3) is 0.885. The van der Waals surface area contributed by atoms with Crippen LogP contribution in [0.2, 0.25) is 0 Å². The molecule has 0 aromatic carbocycles. The van der Waals surface area contributed by atoms with E-state index < -0.39 is 0 Å². The Kier molecular flexibility index (Phi) is 5.12. The van der Waals surface area contributed by atoms with E-state index >= 15 is 0 Å². The van der Waals surface area contributed by atoms with Gasteiger partial charge in [-0.2, -0.15) is 0 Å². The van der Waals surface area contributed by atoms with Gasteiger partial charge in [-0.3, -0.25) is 4.79 Å². The molecular weight excluding hydrogens is 358 g/mol. The summed E-state index contributed by atoms with van der Waals surface area (Å²) < 4.78 is 0. The predicted molar refractivity (Wildman–Crippen MR) is 116 cm³/mol. The molecule has 0 bridgehead atoms. The highest BCUT2D eigenvalue weighted by Crippen LogP contribution is 2.68. The number of fused-ring (bicyclic) bond motifs is 5. The number of hydrogen-bond donors (Lipinski definition) is 1. The van der Waals surface area contributed by atoms with E-state index in [-0.39, 0.29) is 0 Å². The van der Waals surface area contributed by atoms with E-state index in [4.69, 9.17) is 0 Å². The first-order valence-electron chi connectivity index (χ1n) is 12.6. The first kappa shape index (κ1) is 20.1. The van der Waals surface area contributed by atoms with Crippen molar-refractivity contribution in [3.8, 4) is 0 Å². The zero-order valence-electron chi connectivity index (χ0n) is 18.7. The number of piperidine rings is 1. The second-order valence-corrected chi connectivity index (χ2v) is 11.6. The van der Waals surface area contributed by atoms with Gasteiger partial charge in [-0.1, -0.05) is 19.9 Å². The Bertz CT molecular complexity index is 680. The van der Waals surface area contributed by atoms with E-state index in [0.29, 0.717) is 35.1 Å². The lowest BCUT2D eigenvalue weighted by Gasteiger charge is -2.62. The largest absolute Gasteiger partial charge is 0.396 e. The van der Waals surface area contributed by atoms with Gasteiger partial charge in [0.1, 0.15) is 5.78 Å². The molecule has 1 N–H and O–H groups in total. The molecule has 1 heterocycles. The summed E-state index contributed by atoms with van der Waals surface area (Å²) in [6.07, 6.45) is 15.4. The molecule has 0 aromatic heterocycles. The summed E-state index contributed by atoms with van der Waals surface area (Å²) in [4.78, 5) is 15.0. The van der Waals surface area contributed by atoms with Crippen LogP contribution in [0.5, 0.6) is 0 Å². The fourth-order valence-corrected chi connectivity index (χ4v) is 8.86. The maximum absolute atomic E-state index is 12.3. The molecule has 5 aliphatic rings. The first-order chi connectivity index (χ1) is 14.0. The van der Waals surface area contributed by atoms with Gasteiger partial charge < -0.3 is 10.0 Å². The maximum atomic E-state index is 12.3. The summed E-state index contributed by atoms with van der Waals surface area (Å²) in [7, 11) is 0. The molecule has 3 nitrogen and oxygen atoms in total. The minimum absolute atomic E-state index is 0.307. The molecule has 0 radical (unpaired) electrons. The van der Waals surface area contributed by atoms with Gasteiger partial charge in [-0.15, -0.1) is 0 Å². The topological polar surface area (TPSA) is 40.5 Å². The van der Waals surface area contributed by atoms with Crippen LogP contribution < -0.4 is 0 Å². The molecule has 4 fully saturated rings. The van der Waals surface area contributed by atoms with Crippen molar-refractivity contribution in [2.24, 2.45) is 40.4 Å². The van der Waals surface area contributed by atoms with Crippen molar-refractivity contribution >= 4 is 5.78 Å². The smallest absolute Gasteiger partial charge is 0.133 e. The van der Waals surface area contributed by atoms with Gasteiger partial charge in [0.15, 0.2) is 0 Å². The minimum Gasteiger partial charge on any atom is -0.396 e. The lowest BCUT2D eigenvalue weighted by Crippen LogP contribution is -2.57.